The molecule has 1 saturated heterocycles. The van der Waals surface area contributed by atoms with Crippen molar-refractivity contribution < 1.29 is 9.84 Å². The molecule has 6 nitrogen and oxygen atoms in total. The van der Waals surface area contributed by atoms with Crippen LogP contribution in [-0.2, 0) is 0 Å². The number of aromatic hydroxyl groups is 1. The summed E-state index contributed by atoms with van der Waals surface area (Å²) in [7, 11) is 0. The van der Waals surface area contributed by atoms with Crippen LogP contribution in [0, 0.1) is 0 Å². The number of nitrogens with one attached hydrogen (secondary N) is 1. The molecule has 0 radical (unpaired) electrons. The van der Waals surface area contributed by atoms with E-state index in [2.05, 4.69) is 22.0 Å². The molecule has 3 rings (SSSR count). The van der Waals surface area contributed by atoms with Crippen molar-refractivity contribution in [3.05, 3.63) is 54.6 Å². The van der Waals surface area contributed by atoms with Gasteiger partial charge in [-0.1, -0.05) is 30.3 Å². The average molecular weight is 397 g/mol. The van der Waals surface area contributed by atoms with Crippen molar-refractivity contribution in [2.24, 2.45) is 4.99 Å². The number of phenolic OH excluding ortho intramolecular Hbond substituents is 1. The van der Waals surface area contributed by atoms with E-state index in [-0.39, 0.29) is 0 Å². The predicted octanol–water partition coefficient (Wildman–Crippen LogP) is 3.34. The molecule has 2 N–H and O–H groups in total. The zero-order chi connectivity index (χ0) is 20.3. The first-order chi connectivity index (χ1) is 14.3. The fourth-order valence-corrected chi connectivity index (χ4v) is 3.42. The molecule has 0 aliphatic carbocycles. The predicted molar refractivity (Wildman–Crippen MR) is 119 cm³/mol. The van der Waals surface area contributed by atoms with Crippen LogP contribution in [0.2, 0.25) is 0 Å². The van der Waals surface area contributed by atoms with E-state index in [4.69, 9.17) is 9.73 Å². The number of unbranched alkanes of at least 4 members (excludes halogenated alkanes) is 1. The Hall–Kier alpha value is -2.89. The van der Waals surface area contributed by atoms with Gasteiger partial charge in [0, 0.05) is 39.3 Å². The number of piperazine rings is 1. The lowest BCUT2D eigenvalue weighted by molar-refractivity contribution is 0.307. The molecule has 1 aliphatic rings. The summed E-state index contributed by atoms with van der Waals surface area (Å²) in [5, 5.41) is 13.5. The highest BCUT2D eigenvalue weighted by molar-refractivity contribution is 5.80. The molecule has 6 heteroatoms. The van der Waals surface area contributed by atoms with E-state index in [0.29, 0.717) is 5.75 Å². The summed E-state index contributed by atoms with van der Waals surface area (Å²) in [6, 6.07) is 17.5. The largest absolute Gasteiger partial charge is 0.506 e. The van der Waals surface area contributed by atoms with E-state index in [1.807, 2.05) is 48.5 Å². The first-order valence-electron chi connectivity index (χ1n) is 10.5. The molecule has 29 heavy (non-hydrogen) atoms. The Morgan fingerprint density at radius 2 is 1.72 bits per heavy atom. The summed E-state index contributed by atoms with van der Waals surface area (Å²) in [5.41, 5.74) is 0.910. The monoisotopic (exact) mass is 396 g/mol. The normalized spacial score (nSPS) is 14.7. The van der Waals surface area contributed by atoms with Crippen LogP contribution in [0.15, 0.2) is 59.6 Å². The first-order valence-corrected chi connectivity index (χ1v) is 10.5. The number of ether oxygens (including phenoxy) is 1. The molecule has 2 aromatic rings. The van der Waals surface area contributed by atoms with Gasteiger partial charge in [0.1, 0.15) is 11.5 Å². The number of guanidine groups is 1. The Morgan fingerprint density at radius 3 is 2.45 bits per heavy atom. The van der Waals surface area contributed by atoms with Crippen LogP contribution in [0.3, 0.4) is 0 Å². The summed E-state index contributed by atoms with van der Waals surface area (Å²) in [4.78, 5) is 9.34. The van der Waals surface area contributed by atoms with E-state index in [1.165, 1.54) is 0 Å². The Kier molecular flexibility index (Phi) is 8.04. The van der Waals surface area contributed by atoms with Gasteiger partial charge < -0.3 is 25.0 Å². The SMILES string of the molecule is CCNC(=NCCCCOc1ccccc1)N1CCN(c2ccccc2O)CC1. The molecule has 1 fully saturated rings. The van der Waals surface area contributed by atoms with Gasteiger partial charge >= 0.3 is 0 Å². The van der Waals surface area contributed by atoms with E-state index in [9.17, 15) is 5.11 Å². The second-order valence-electron chi connectivity index (χ2n) is 7.07. The lowest BCUT2D eigenvalue weighted by Crippen LogP contribution is -2.52. The molecule has 2 aromatic carbocycles. The van der Waals surface area contributed by atoms with Crippen molar-refractivity contribution in [2.45, 2.75) is 19.8 Å². The van der Waals surface area contributed by atoms with Crippen molar-refractivity contribution >= 4 is 11.6 Å². The number of aliphatic imine (C=N–C) groups is 1. The van der Waals surface area contributed by atoms with Crippen LogP contribution in [0.4, 0.5) is 5.69 Å². The van der Waals surface area contributed by atoms with Gasteiger partial charge in [0.05, 0.1) is 12.3 Å². The zero-order valence-corrected chi connectivity index (χ0v) is 17.3. The summed E-state index contributed by atoms with van der Waals surface area (Å²) in [6.07, 6.45) is 1.98. The van der Waals surface area contributed by atoms with Crippen molar-refractivity contribution in [1.82, 2.24) is 10.2 Å². The summed E-state index contributed by atoms with van der Waals surface area (Å²) >= 11 is 0. The molecule has 0 atom stereocenters. The average Bonchev–Trinajstić information content (AvgIpc) is 2.77. The van der Waals surface area contributed by atoms with Gasteiger partial charge in [-0.2, -0.15) is 0 Å². The number of para-hydroxylation sites is 3. The molecular formula is C23H32N4O2. The highest BCUT2D eigenvalue weighted by Crippen LogP contribution is 2.27. The molecule has 0 aromatic heterocycles. The standard InChI is InChI=1S/C23H32N4O2/c1-2-24-23(25-14-8-9-19-29-20-10-4-3-5-11-20)27-17-15-26(16-18-27)21-12-6-7-13-22(21)28/h3-7,10-13,28H,2,8-9,14-19H2,1H3,(H,24,25). The van der Waals surface area contributed by atoms with Crippen LogP contribution < -0.4 is 15.0 Å². The maximum Gasteiger partial charge on any atom is 0.194 e. The van der Waals surface area contributed by atoms with Crippen molar-refractivity contribution in [1.29, 1.82) is 0 Å². The summed E-state index contributed by atoms with van der Waals surface area (Å²) in [5.74, 6) is 2.25. The molecule has 0 spiro atoms. The Bertz CT molecular complexity index is 758. The van der Waals surface area contributed by atoms with Crippen molar-refractivity contribution in [3.8, 4) is 11.5 Å². The molecule has 156 valence electrons. The molecule has 0 amide bonds. The molecule has 1 aliphatic heterocycles. The number of benzene rings is 2. The maximum atomic E-state index is 10.1. The summed E-state index contributed by atoms with van der Waals surface area (Å²) in [6.45, 7) is 7.97. The lowest BCUT2D eigenvalue weighted by Gasteiger charge is -2.37. The summed E-state index contributed by atoms with van der Waals surface area (Å²) < 4.78 is 5.74. The minimum atomic E-state index is 0.347. The number of rotatable bonds is 8. The van der Waals surface area contributed by atoms with E-state index < -0.39 is 0 Å². The maximum absolute atomic E-state index is 10.1. The third-order valence-corrected chi connectivity index (χ3v) is 4.96. The van der Waals surface area contributed by atoms with Gasteiger partial charge in [-0.3, -0.25) is 4.99 Å². The minimum absolute atomic E-state index is 0.347. The Morgan fingerprint density at radius 1 is 1.00 bits per heavy atom. The second kappa shape index (κ2) is 11.2. The van der Waals surface area contributed by atoms with Crippen LogP contribution in [0.1, 0.15) is 19.8 Å². The van der Waals surface area contributed by atoms with Crippen molar-refractivity contribution in [2.75, 3.05) is 50.8 Å². The molecule has 0 bridgehead atoms. The molecule has 1 heterocycles. The van der Waals surface area contributed by atoms with Gasteiger partial charge in [0.25, 0.3) is 0 Å². The van der Waals surface area contributed by atoms with E-state index >= 15 is 0 Å². The first kappa shape index (κ1) is 20.8. The minimum Gasteiger partial charge on any atom is -0.506 e. The van der Waals surface area contributed by atoms with Gasteiger partial charge in [-0.25, -0.2) is 0 Å². The molecule has 0 unspecified atom stereocenters. The highest BCUT2D eigenvalue weighted by Gasteiger charge is 2.21. The number of nitrogens with zero attached hydrogens (tertiary/aromatic N) is 3. The van der Waals surface area contributed by atoms with Crippen LogP contribution >= 0.6 is 0 Å². The third kappa shape index (κ3) is 6.31. The Labute approximate surface area is 173 Å². The number of anilines is 1. The van der Waals surface area contributed by atoms with Gasteiger partial charge in [-0.15, -0.1) is 0 Å². The number of hydrogen-bond donors (Lipinski definition) is 2. The quantitative estimate of drug-likeness (QED) is 0.407. The number of phenols is 1. The smallest absolute Gasteiger partial charge is 0.194 e. The van der Waals surface area contributed by atoms with Crippen molar-refractivity contribution in [3.63, 3.8) is 0 Å². The lowest BCUT2D eigenvalue weighted by atomic mass is 10.2. The third-order valence-electron chi connectivity index (χ3n) is 4.96. The van der Waals surface area contributed by atoms with Gasteiger partial charge in [-0.05, 0) is 44.0 Å². The number of hydrogen-bond acceptors (Lipinski definition) is 4. The molecule has 0 saturated carbocycles. The Balaban J connectivity index is 1.42. The van der Waals surface area contributed by atoms with Crippen LogP contribution in [-0.4, -0.2) is 61.8 Å². The van der Waals surface area contributed by atoms with Crippen LogP contribution in [0.25, 0.3) is 0 Å². The fourth-order valence-electron chi connectivity index (χ4n) is 3.42. The van der Waals surface area contributed by atoms with Crippen LogP contribution in [0.5, 0.6) is 11.5 Å². The topological polar surface area (TPSA) is 60.3 Å². The van der Waals surface area contributed by atoms with E-state index in [0.717, 1.165) is 76.1 Å². The van der Waals surface area contributed by atoms with Gasteiger partial charge in [0.2, 0.25) is 0 Å². The highest BCUT2D eigenvalue weighted by atomic mass is 16.5. The van der Waals surface area contributed by atoms with E-state index in [1.54, 1.807) is 6.07 Å². The van der Waals surface area contributed by atoms with Gasteiger partial charge in [0.15, 0.2) is 5.96 Å². The fraction of sp³-hybridized carbons (Fsp3) is 0.435. The molecular weight excluding hydrogens is 364 g/mol. The second-order valence-corrected chi connectivity index (χ2v) is 7.07. The zero-order valence-electron chi connectivity index (χ0n) is 17.3.